The molecule has 0 bridgehead atoms. The number of nitrogens with zero attached hydrogens (tertiary/aromatic N) is 3. The van der Waals surface area contributed by atoms with Gasteiger partial charge in [-0.2, -0.15) is 9.64 Å². The SMILES string of the molecule is CCOC(=O)N1CCC(Nc2snc(C)c2C#N)CC1. The normalized spacial score (nSPS) is 15.8. The van der Waals surface area contributed by atoms with Crippen LogP contribution in [0.15, 0.2) is 0 Å². The molecule has 1 aromatic rings. The van der Waals surface area contributed by atoms with E-state index in [1.54, 1.807) is 4.90 Å². The maximum atomic E-state index is 11.6. The summed E-state index contributed by atoms with van der Waals surface area (Å²) in [4.78, 5) is 13.3. The number of aromatic nitrogens is 1. The van der Waals surface area contributed by atoms with Crippen LogP contribution in [0.1, 0.15) is 31.0 Å². The van der Waals surface area contributed by atoms with Gasteiger partial charge in [0.05, 0.1) is 12.3 Å². The van der Waals surface area contributed by atoms with E-state index in [9.17, 15) is 4.79 Å². The van der Waals surface area contributed by atoms with Crippen molar-refractivity contribution < 1.29 is 9.53 Å². The maximum absolute atomic E-state index is 11.6. The van der Waals surface area contributed by atoms with E-state index in [2.05, 4.69) is 15.8 Å². The molecule has 1 saturated heterocycles. The first kappa shape index (κ1) is 14.6. The smallest absolute Gasteiger partial charge is 0.409 e. The number of carbonyl (C=O) groups is 1. The highest BCUT2D eigenvalue weighted by molar-refractivity contribution is 7.10. The van der Waals surface area contributed by atoms with E-state index in [0.717, 1.165) is 23.5 Å². The van der Waals surface area contributed by atoms with Crippen molar-refractivity contribution in [2.75, 3.05) is 25.0 Å². The Morgan fingerprint density at radius 3 is 2.90 bits per heavy atom. The van der Waals surface area contributed by atoms with Crippen molar-refractivity contribution in [3.8, 4) is 6.07 Å². The molecule has 7 heteroatoms. The zero-order chi connectivity index (χ0) is 14.5. The van der Waals surface area contributed by atoms with E-state index in [4.69, 9.17) is 10.00 Å². The van der Waals surface area contributed by atoms with Crippen LogP contribution in [0.25, 0.3) is 0 Å². The van der Waals surface area contributed by atoms with Gasteiger partial charge < -0.3 is 15.0 Å². The summed E-state index contributed by atoms with van der Waals surface area (Å²) in [5, 5.41) is 13.3. The molecule has 2 rings (SSSR count). The van der Waals surface area contributed by atoms with Crippen molar-refractivity contribution in [3.05, 3.63) is 11.3 Å². The third-order valence-electron chi connectivity index (χ3n) is 3.33. The Kier molecular flexibility index (Phi) is 4.79. The number of rotatable bonds is 3. The van der Waals surface area contributed by atoms with Crippen LogP contribution in [0.5, 0.6) is 0 Å². The van der Waals surface area contributed by atoms with Crippen LogP contribution in [0, 0.1) is 18.3 Å². The summed E-state index contributed by atoms with van der Waals surface area (Å²) in [6.45, 7) is 5.40. The van der Waals surface area contributed by atoms with Crippen LogP contribution in [0.3, 0.4) is 0 Å². The monoisotopic (exact) mass is 294 g/mol. The van der Waals surface area contributed by atoms with E-state index in [1.165, 1.54) is 11.5 Å². The highest BCUT2D eigenvalue weighted by Gasteiger charge is 2.24. The molecule has 0 aliphatic carbocycles. The molecule has 0 saturated carbocycles. The summed E-state index contributed by atoms with van der Waals surface area (Å²) in [6, 6.07) is 2.45. The fourth-order valence-electron chi connectivity index (χ4n) is 2.21. The van der Waals surface area contributed by atoms with Crippen molar-refractivity contribution >= 4 is 22.6 Å². The minimum Gasteiger partial charge on any atom is -0.450 e. The number of nitrogens with one attached hydrogen (secondary N) is 1. The van der Waals surface area contributed by atoms with Crippen molar-refractivity contribution in [2.45, 2.75) is 32.7 Å². The predicted octanol–water partition coefficient (Wildman–Crippen LogP) is 2.36. The zero-order valence-corrected chi connectivity index (χ0v) is 12.5. The van der Waals surface area contributed by atoms with Crippen LogP contribution >= 0.6 is 11.5 Å². The first-order valence-corrected chi connectivity index (χ1v) is 7.47. The molecule has 20 heavy (non-hydrogen) atoms. The summed E-state index contributed by atoms with van der Waals surface area (Å²) in [5.41, 5.74) is 1.40. The average molecular weight is 294 g/mol. The number of carbonyl (C=O) groups excluding carboxylic acids is 1. The average Bonchev–Trinajstić information content (AvgIpc) is 2.80. The lowest BCUT2D eigenvalue weighted by atomic mass is 10.1. The minimum absolute atomic E-state index is 0.239. The lowest BCUT2D eigenvalue weighted by Gasteiger charge is -2.31. The number of nitriles is 1. The number of hydrogen-bond donors (Lipinski definition) is 1. The number of hydrogen-bond acceptors (Lipinski definition) is 6. The summed E-state index contributed by atoms with van der Waals surface area (Å²) in [6.07, 6.45) is 1.46. The predicted molar refractivity (Wildman–Crippen MR) is 76.8 cm³/mol. The lowest BCUT2D eigenvalue weighted by molar-refractivity contribution is 0.0983. The Morgan fingerprint density at radius 2 is 2.30 bits per heavy atom. The fraction of sp³-hybridized carbons (Fsp3) is 0.615. The first-order valence-electron chi connectivity index (χ1n) is 6.70. The Hall–Kier alpha value is -1.81. The second-order valence-electron chi connectivity index (χ2n) is 4.69. The molecule has 1 fully saturated rings. The molecule has 108 valence electrons. The van der Waals surface area contributed by atoms with Crippen LogP contribution in [-0.4, -0.2) is 41.1 Å². The summed E-state index contributed by atoms with van der Waals surface area (Å²) >= 11 is 1.32. The van der Waals surface area contributed by atoms with Crippen molar-refractivity contribution in [1.82, 2.24) is 9.27 Å². The molecule has 0 aromatic carbocycles. The maximum Gasteiger partial charge on any atom is 0.409 e. The van der Waals surface area contributed by atoms with Gasteiger partial charge >= 0.3 is 6.09 Å². The summed E-state index contributed by atoms with van der Waals surface area (Å²) in [7, 11) is 0. The Bertz CT molecular complexity index is 515. The van der Waals surface area contributed by atoms with E-state index in [0.29, 0.717) is 25.3 Å². The Balaban J connectivity index is 1.89. The van der Waals surface area contributed by atoms with E-state index in [-0.39, 0.29) is 12.1 Å². The second-order valence-corrected chi connectivity index (χ2v) is 5.46. The highest BCUT2D eigenvalue weighted by atomic mass is 32.1. The van der Waals surface area contributed by atoms with E-state index in [1.807, 2.05) is 13.8 Å². The number of aryl methyl sites for hydroxylation is 1. The number of likely N-dealkylation sites (tertiary alicyclic amines) is 1. The molecule has 6 nitrogen and oxygen atoms in total. The molecule has 1 N–H and O–H groups in total. The molecule has 1 aromatic heterocycles. The quantitative estimate of drug-likeness (QED) is 0.925. The van der Waals surface area contributed by atoms with Crippen LogP contribution in [0.2, 0.25) is 0 Å². The number of piperidine rings is 1. The van der Waals surface area contributed by atoms with Gasteiger partial charge in [0.2, 0.25) is 0 Å². The van der Waals surface area contributed by atoms with E-state index < -0.39 is 0 Å². The molecule has 1 amide bonds. The lowest BCUT2D eigenvalue weighted by Crippen LogP contribution is -2.42. The molecule has 1 aliphatic rings. The number of ether oxygens (including phenoxy) is 1. The second kappa shape index (κ2) is 6.57. The Labute approximate surface area is 122 Å². The van der Waals surface area contributed by atoms with Crippen LogP contribution < -0.4 is 5.32 Å². The molecular formula is C13H18N4O2S. The molecule has 2 heterocycles. The third kappa shape index (κ3) is 3.20. The van der Waals surface area contributed by atoms with Gasteiger partial charge in [0.1, 0.15) is 16.6 Å². The Morgan fingerprint density at radius 1 is 1.60 bits per heavy atom. The van der Waals surface area contributed by atoms with Crippen molar-refractivity contribution in [1.29, 1.82) is 5.26 Å². The largest absolute Gasteiger partial charge is 0.450 e. The van der Waals surface area contributed by atoms with Gasteiger partial charge in [-0.1, -0.05) is 0 Å². The van der Waals surface area contributed by atoms with Gasteiger partial charge in [0, 0.05) is 19.1 Å². The van der Waals surface area contributed by atoms with Crippen LogP contribution in [-0.2, 0) is 4.74 Å². The van der Waals surface area contributed by atoms with E-state index >= 15 is 0 Å². The van der Waals surface area contributed by atoms with Gasteiger partial charge in [-0.05, 0) is 38.2 Å². The van der Waals surface area contributed by atoms with Crippen molar-refractivity contribution in [2.24, 2.45) is 0 Å². The standard InChI is InChI=1S/C13H18N4O2S/c1-3-19-13(18)17-6-4-10(5-7-17)15-12-11(8-14)9(2)16-20-12/h10,15H,3-7H2,1-2H3. The minimum atomic E-state index is -0.239. The van der Waals surface area contributed by atoms with Gasteiger partial charge in [-0.25, -0.2) is 4.79 Å². The third-order valence-corrected chi connectivity index (χ3v) is 4.20. The first-order chi connectivity index (χ1) is 9.65. The molecular weight excluding hydrogens is 276 g/mol. The molecule has 0 radical (unpaired) electrons. The number of anilines is 1. The van der Waals surface area contributed by atoms with Gasteiger partial charge in [0.25, 0.3) is 0 Å². The number of amides is 1. The summed E-state index contributed by atoms with van der Waals surface area (Å²) < 4.78 is 9.18. The van der Waals surface area contributed by atoms with Crippen molar-refractivity contribution in [3.63, 3.8) is 0 Å². The molecule has 1 aliphatic heterocycles. The summed E-state index contributed by atoms with van der Waals surface area (Å²) in [5.74, 6) is 0. The highest BCUT2D eigenvalue weighted by Crippen LogP contribution is 2.26. The fourth-order valence-corrected chi connectivity index (χ4v) is 3.03. The van der Waals surface area contributed by atoms with Gasteiger partial charge in [-0.3, -0.25) is 0 Å². The van der Waals surface area contributed by atoms with Gasteiger partial charge in [0.15, 0.2) is 0 Å². The molecule has 0 unspecified atom stereocenters. The molecule has 0 spiro atoms. The van der Waals surface area contributed by atoms with Gasteiger partial charge in [-0.15, -0.1) is 0 Å². The topological polar surface area (TPSA) is 78.2 Å². The van der Waals surface area contributed by atoms with Crippen LogP contribution in [0.4, 0.5) is 9.80 Å². The zero-order valence-electron chi connectivity index (χ0n) is 11.7. The molecule has 0 atom stereocenters.